The van der Waals surface area contributed by atoms with Crippen LogP contribution in [0.15, 0.2) is 0 Å². The smallest absolute Gasteiger partial charge is 0.402 e. The summed E-state index contributed by atoms with van der Waals surface area (Å²) in [5.74, 6) is -0.929. The van der Waals surface area contributed by atoms with Crippen molar-refractivity contribution >= 4 is 16.1 Å². The summed E-state index contributed by atoms with van der Waals surface area (Å²) in [5.41, 5.74) is -0.161. The molecule has 4 fully saturated rings. The summed E-state index contributed by atoms with van der Waals surface area (Å²) in [6.45, 7) is -1.60. The largest absolute Gasteiger partial charge is 0.458 e. The molecule has 4 bridgehead atoms. The van der Waals surface area contributed by atoms with Gasteiger partial charge in [0.15, 0.2) is 6.61 Å². The van der Waals surface area contributed by atoms with Gasteiger partial charge in [0.05, 0.1) is 5.92 Å². The molecule has 2 unspecified atom stereocenters. The second-order valence-electron chi connectivity index (χ2n) is 7.37. The van der Waals surface area contributed by atoms with E-state index in [1.54, 1.807) is 0 Å². The van der Waals surface area contributed by atoms with E-state index in [4.69, 9.17) is 4.55 Å². The second-order valence-corrected chi connectivity index (χ2v) is 8.92. The number of rotatable bonds is 5. The zero-order valence-electron chi connectivity index (χ0n) is 12.5. The Labute approximate surface area is 132 Å². The number of alkyl halides is 2. The molecule has 2 N–H and O–H groups in total. The number of hydrogen-bond donors (Lipinski definition) is 2. The number of aliphatic hydroxyl groups excluding tert-OH is 1. The van der Waals surface area contributed by atoms with E-state index in [0.29, 0.717) is 18.8 Å². The number of ether oxygens (including phenoxy) is 1. The van der Waals surface area contributed by atoms with Crippen molar-refractivity contribution in [2.24, 2.45) is 29.1 Å². The molecule has 0 aromatic carbocycles. The minimum absolute atomic E-state index is 0.0137. The van der Waals surface area contributed by atoms with Crippen molar-refractivity contribution in [1.29, 1.82) is 0 Å². The lowest BCUT2D eigenvalue weighted by molar-refractivity contribution is -0.177. The van der Waals surface area contributed by atoms with Gasteiger partial charge in [-0.15, -0.1) is 0 Å². The quantitative estimate of drug-likeness (QED) is 0.572. The highest BCUT2D eigenvalue weighted by molar-refractivity contribution is 7.86. The topological polar surface area (TPSA) is 101 Å². The van der Waals surface area contributed by atoms with Crippen LogP contribution in [-0.2, 0) is 19.6 Å². The molecule has 4 aliphatic rings. The van der Waals surface area contributed by atoms with Crippen LogP contribution in [0, 0.1) is 29.1 Å². The molecule has 9 heteroatoms. The summed E-state index contributed by atoms with van der Waals surface area (Å²) in [4.78, 5) is 12.2. The predicted molar refractivity (Wildman–Crippen MR) is 74.0 cm³/mol. The molecule has 2 atom stereocenters. The van der Waals surface area contributed by atoms with Crippen LogP contribution in [-0.4, -0.2) is 42.5 Å². The van der Waals surface area contributed by atoms with Crippen LogP contribution < -0.4 is 0 Å². The number of aliphatic hydroxyl groups is 1. The van der Waals surface area contributed by atoms with Crippen LogP contribution in [0.1, 0.15) is 32.1 Å². The Hall–Kier alpha value is -0.800. The minimum Gasteiger partial charge on any atom is -0.458 e. The van der Waals surface area contributed by atoms with E-state index in [1.165, 1.54) is 0 Å². The first-order valence-corrected chi connectivity index (χ1v) is 9.13. The molecule has 4 rings (SSSR count). The van der Waals surface area contributed by atoms with Gasteiger partial charge in [-0.3, -0.25) is 9.35 Å². The van der Waals surface area contributed by atoms with Crippen LogP contribution in [0.5, 0.6) is 0 Å². The van der Waals surface area contributed by atoms with Crippen molar-refractivity contribution in [2.75, 3.05) is 13.2 Å². The van der Waals surface area contributed by atoms with Crippen LogP contribution in [0.4, 0.5) is 8.78 Å². The van der Waals surface area contributed by atoms with Gasteiger partial charge in [-0.1, -0.05) is 0 Å². The van der Waals surface area contributed by atoms with Crippen LogP contribution in [0.3, 0.4) is 0 Å². The molecule has 23 heavy (non-hydrogen) atoms. The van der Waals surface area contributed by atoms with Gasteiger partial charge in [-0.25, -0.2) is 0 Å². The molecule has 0 saturated heterocycles. The first kappa shape index (κ1) is 17.0. The van der Waals surface area contributed by atoms with Crippen molar-refractivity contribution in [3.63, 3.8) is 0 Å². The van der Waals surface area contributed by atoms with E-state index >= 15 is 0 Å². The second kappa shape index (κ2) is 5.35. The summed E-state index contributed by atoms with van der Waals surface area (Å²) >= 11 is 0. The number of hydrogen-bond acceptors (Lipinski definition) is 5. The number of carbonyl (C=O) groups excluding carboxylic acids is 1. The van der Waals surface area contributed by atoms with Crippen molar-refractivity contribution in [3.05, 3.63) is 0 Å². The first-order chi connectivity index (χ1) is 10.6. The Morgan fingerprint density at radius 2 is 1.78 bits per heavy atom. The maximum absolute atomic E-state index is 13.2. The van der Waals surface area contributed by atoms with Gasteiger partial charge >= 0.3 is 21.3 Å². The molecule has 0 amide bonds. The molecule has 4 saturated carbocycles. The van der Waals surface area contributed by atoms with Gasteiger partial charge in [-0.2, -0.15) is 17.2 Å². The van der Waals surface area contributed by atoms with Crippen molar-refractivity contribution in [2.45, 2.75) is 37.4 Å². The molecular weight excluding hydrogens is 334 g/mol. The standard InChI is InChI=1S/C14H20F2O6S/c15-14(16,23(19,20)21)7-22-12(18)11-9-1-8-2-10(11)5-13(3-8,4-9)6-17/h8-11,17H,1-7H2,(H,19,20,21). The maximum Gasteiger partial charge on any atom is 0.402 e. The third-order valence-electron chi connectivity index (χ3n) is 5.77. The number of carbonyl (C=O) groups is 1. The monoisotopic (exact) mass is 354 g/mol. The van der Waals surface area contributed by atoms with E-state index < -0.39 is 33.9 Å². The molecular formula is C14H20F2O6S. The van der Waals surface area contributed by atoms with Crippen molar-refractivity contribution in [1.82, 2.24) is 0 Å². The predicted octanol–water partition coefficient (Wildman–Crippen LogP) is 1.45. The van der Waals surface area contributed by atoms with Crippen molar-refractivity contribution < 1.29 is 36.4 Å². The maximum atomic E-state index is 13.2. The lowest BCUT2D eigenvalue weighted by Crippen LogP contribution is -2.54. The van der Waals surface area contributed by atoms with E-state index in [-0.39, 0.29) is 23.9 Å². The Kier molecular flexibility index (Phi) is 3.97. The Balaban J connectivity index is 1.68. The fraction of sp³-hybridized carbons (Fsp3) is 0.929. The highest BCUT2D eigenvalue weighted by atomic mass is 32.2. The molecule has 0 aromatic rings. The summed E-state index contributed by atoms with van der Waals surface area (Å²) in [6, 6.07) is 0. The highest BCUT2D eigenvalue weighted by Gasteiger charge is 2.57. The summed E-state index contributed by atoms with van der Waals surface area (Å²) < 4.78 is 60.5. The average molecular weight is 354 g/mol. The van der Waals surface area contributed by atoms with Crippen molar-refractivity contribution in [3.8, 4) is 0 Å². The molecule has 0 heterocycles. The van der Waals surface area contributed by atoms with E-state index in [0.717, 1.165) is 19.3 Å². The van der Waals surface area contributed by atoms with Gasteiger partial charge in [0.1, 0.15) is 0 Å². The van der Waals surface area contributed by atoms with Gasteiger partial charge in [-0.05, 0) is 55.3 Å². The van der Waals surface area contributed by atoms with Gasteiger partial charge in [0, 0.05) is 6.61 Å². The van der Waals surface area contributed by atoms with E-state index in [9.17, 15) is 27.1 Å². The Morgan fingerprint density at radius 3 is 2.26 bits per heavy atom. The van der Waals surface area contributed by atoms with Gasteiger partial charge in [0.25, 0.3) is 0 Å². The molecule has 4 aliphatic carbocycles. The molecule has 132 valence electrons. The minimum atomic E-state index is -5.61. The third-order valence-corrected chi connectivity index (χ3v) is 6.64. The highest BCUT2D eigenvalue weighted by Crippen LogP contribution is 2.62. The van der Waals surface area contributed by atoms with E-state index in [1.807, 2.05) is 0 Å². The van der Waals surface area contributed by atoms with Gasteiger partial charge in [0.2, 0.25) is 0 Å². The first-order valence-electron chi connectivity index (χ1n) is 7.69. The zero-order valence-corrected chi connectivity index (χ0v) is 13.3. The van der Waals surface area contributed by atoms with Gasteiger partial charge < -0.3 is 9.84 Å². The third kappa shape index (κ3) is 2.87. The average Bonchev–Trinajstić information content (AvgIpc) is 2.43. The summed E-state index contributed by atoms with van der Waals surface area (Å²) in [6.07, 6.45) is 3.91. The number of esters is 1. The zero-order chi connectivity index (χ0) is 17.0. The van der Waals surface area contributed by atoms with Crippen LogP contribution in [0.2, 0.25) is 0 Å². The number of halogens is 2. The van der Waals surface area contributed by atoms with Crippen LogP contribution >= 0.6 is 0 Å². The molecule has 0 aliphatic heterocycles. The SMILES string of the molecule is O=C(OCC(F)(F)S(=O)(=O)O)C1C2CC3CC1CC(CO)(C3)C2. The fourth-order valence-electron chi connectivity index (χ4n) is 5.10. The molecule has 0 aromatic heterocycles. The normalized spacial score (nSPS) is 39.5. The van der Waals surface area contributed by atoms with Crippen LogP contribution in [0.25, 0.3) is 0 Å². The Bertz CT molecular complexity index is 588. The fourth-order valence-corrected chi connectivity index (χ4v) is 5.30. The molecule has 0 spiro atoms. The summed E-state index contributed by atoms with van der Waals surface area (Å²) in [5, 5.41) is 5.15. The molecule has 6 nitrogen and oxygen atoms in total. The summed E-state index contributed by atoms with van der Waals surface area (Å²) in [7, 11) is -5.61. The molecule has 0 radical (unpaired) electrons. The van der Waals surface area contributed by atoms with E-state index in [2.05, 4.69) is 4.74 Å². The Morgan fingerprint density at radius 1 is 1.22 bits per heavy atom. The lowest BCUT2D eigenvalue weighted by atomic mass is 9.46. The lowest BCUT2D eigenvalue weighted by Gasteiger charge is -2.58.